The van der Waals surface area contributed by atoms with E-state index in [1.54, 1.807) is 4.90 Å². The van der Waals surface area contributed by atoms with Crippen LogP contribution in [0.15, 0.2) is 0 Å². The van der Waals surface area contributed by atoms with Crippen molar-refractivity contribution in [1.82, 2.24) is 4.90 Å². The number of carbonyl (C=O) groups excluding carboxylic acids is 1. The van der Waals surface area contributed by atoms with E-state index in [4.69, 9.17) is 4.74 Å². The van der Waals surface area contributed by atoms with Crippen LogP contribution in [0.4, 0.5) is 4.79 Å². The largest absolute Gasteiger partial charge is 0.444 e. The van der Waals surface area contributed by atoms with E-state index in [0.717, 1.165) is 13.0 Å². The number of amides is 1. The van der Waals surface area contributed by atoms with Crippen LogP contribution >= 0.6 is 0 Å². The molecule has 104 valence electrons. The van der Waals surface area contributed by atoms with Gasteiger partial charge in [0.05, 0.1) is 0 Å². The molecule has 1 saturated carbocycles. The van der Waals surface area contributed by atoms with Crippen LogP contribution in [0.1, 0.15) is 46.5 Å². The smallest absolute Gasteiger partial charge is 0.410 e. The minimum atomic E-state index is -0.447. The van der Waals surface area contributed by atoms with E-state index >= 15 is 0 Å². The summed E-state index contributed by atoms with van der Waals surface area (Å²) in [6.45, 7) is 7.24. The highest BCUT2D eigenvalue weighted by Crippen LogP contribution is 2.52. The zero-order valence-corrected chi connectivity index (χ0v) is 11.7. The van der Waals surface area contributed by atoms with Crippen molar-refractivity contribution >= 4 is 6.09 Å². The van der Waals surface area contributed by atoms with Gasteiger partial charge in [0.1, 0.15) is 5.60 Å². The molecule has 0 aromatic carbocycles. The van der Waals surface area contributed by atoms with Crippen molar-refractivity contribution in [3.05, 3.63) is 0 Å². The SMILES string of the molecule is CC(C)(C)OC(=O)N1CCC2(CCC2)C(CO)C1. The maximum absolute atomic E-state index is 12.0. The van der Waals surface area contributed by atoms with Crippen LogP contribution in [0, 0.1) is 11.3 Å². The van der Waals surface area contributed by atoms with Crippen molar-refractivity contribution in [1.29, 1.82) is 0 Å². The molecule has 1 aliphatic heterocycles. The Morgan fingerprint density at radius 1 is 1.39 bits per heavy atom. The van der Waals surface area contributed by atoms with Gasteiger partial charge < -0.3 is 14.7 Å². The number of aliphatic hydroxyl groups excluding tert-OH is 1. The zero-order chi connectivity index (χ0) is 13.4. The van der Waals surface area contributed by atoms with Gasteiger partial charge in [-0.05, 0) is 45.4 Å². The average Bonchev–Trinajstić information content (AvgIpc) is 2.23. The van der Waals surface area contributed by atoms with Crippen LogP contribution < -0.4 is 0 Å². The molecule has 1 saturated heterocycles. The first-order chi connectivity index (χ1) is 8.36. The number of piperidine rings is 1. The summed E-state index contributed by atoms with van der Waals surface area (Å²) in [6.07, 6.45) is 4.45. The molecule has 1 spiro atoms. The van der Waals surface area contributed by atoms with Crippen molar-refractivity contribution < 1.29 is 14.6 Å². The summed E-state index contributed by atoms with van der Waals surface area (Å²) < 4.78 is 5.40. The van der Waals surface area contributed by atoms with Crippen molar-refractivity contribution in [3.63, 3.8) is 0 Å². The zero-order valence-electron chi connectivity index (χ0n) is 11.7. The number of carbonyl (C=O) groups is 1. The first-order valence-electron chi connectivity index (χ1n) is 6.95. The summed E-state index contributed by atoms with van der Waals surface area (Å²) in [5.41, 5.74) is -0.134. The van der Waals surface area contributed by atoms with Crippen LogP contribution in [0.5, 0.6) is 0 Å². The van der Waals surface area contributed by atoms with Crippen molar-refractivity contribution in [2.75, 3.05) is 19.7 Å². The molecule has 0 aromatic rings. The Morgan fingerprint density at radius 3 is 2.50 bits per heavy atom. The number of ether oxygens (including phenoxy) is 1. The topological polar surface area (TPSA) is 49.8 Å². The summed E-state index contributed by atoms with van der Waals surface area (Å²) in [4.78, 5) is 13.8. The number of hydrogen-bond donors (Lipinski definition) is 1. The normalized spacial score (nSPS) is 26.9. The van der Waals surface area contributed by atoms with Gasteiger partial charge in [-0.25, -0.2) is 4.79 Å². The fourth-order valence-electron chi connectivity index (χ4n) is 3.15. The van der Waals surface area contributed by atoms with E-state index in [2.05, 4.69) is 0 Å². The lowest BCUT2D eigenvalue weighted by molar-refractivity contribution is -0.0586. The van der Waals surface area contributed by atoms with E-state index in [-0.39, 0.29) is 18.6 Å². The Morgan fingerprint density at radius 2 is 2.06 bits per heavy atom. The van der Waals surface area contributed by atoms with Gasteiger partial charge >= 0.3 is 6.09 Å². The van der Waals surface area contributed by atoms with Crippen LogP contribution in [0.2, 0.25) is 0 Å². The fraction of sp³-hybridized carbons (Fsp3) is 0.929. The Labute approximate surface area is 109 Å². The lowest BCUT2D eigenvalue weighted by Gasteiger charge is -2.52. The summed E-state index contributed by atoms with van der Waals surface area (Å²) >= 11 is 0. The van der Waals surface area contributed by atoms with Crippen LogP contribution in [-0.4, -0.2) is 41.4 Å². The summed E-state index contributed by atoms with van der Waals surface area (Å²) in [7, 11) is 0. The van der Waals surface area contributed by atoms with E-state index in [0.29, 0.717) is 12.0 Å². The summed E-state index contributed by atoms with van der Waals surface area (Å²) in [6, 6.07) is 0. The first kappa shape index (κ1) is 13.7. The van der Waals surface area contributed by atoms with Gasteiger partial charge in [-0.15, -0.1) is 0 Å². The summed E-state index contributed by atoms with van der Waals surface area (Å²) in [5, 5.41) is 9.54. The molecular weight excluding hydrogens is 230 g/mol. The maximum atomic E-state index is 12.0. The maximum Gasteiger partial charge on any atom is 0.410 e. The molecule has 1 unspecified atom stereocenters. The molecule has 0 radical (unpaired) electrons. The average molecular weight is 255 g/mol. The highest BCUT2D eigenvalue weighted by Gasteiger charge is 2.47. The molecule has 1 amide bonds. The predicted octanol–water partition coefficient (Wildman–Crippen LogP) is 2.41. The number of likely N-dealkylation sites (tertiary alicyclic amines) is 1. The van der Waals surface area contributed by atoms with Gasteiger partial charge in [0.2, 0.25) is 0 Å². The highest BCUT2D eigenvalue weighted by molar-refractivity contribution is 5.68. The Balaban J connectivity index is 1.95. The van der Waals surface area contributed by atoms with Crippen molar-refractivity contribution in [2.45, 2.75) is 52.1 Å². The number of nitrogens with zero attached hydrogens (tertiary/aromatic N) is 1. The van der Waals surface area contributed by atoms with Crippen LogP contribution in [0.3, 0.4) is 0 Å². The second-order valence-electron chi connectivity index (χ2n) is 6.77. The van der Waals surface area contributed by atoms with Gasteiger partial charge in [-0.3, -0.25) is 0 Å². The van der Waals surface area contributed by atoms with E-state index in [9.17, 15) is 9.90 Å². The van der Waals surface area contributed by atoms with E-state index in [1.165, 1.54) is 19.3 Å². The third-order valence-corrected chi connectivity index (χ3v) is 4.41. The minimum absolute atomic E-state index is 0.180. The van der Waals surface area contributed by atoms with Crippen molar-refractivity contribution in [3.8, 4) is 0 Å². The number of hydrogen-bond acceptors (Lipinski definition) is 3. The second-order valence-corrected chi connectivity index (χ2v) is 6.77. The molecule has 0 aromatic heterocycles. The number of rotatable bonds is 1. The molecule has 18 heavy (non-hydrogen) atoms. The first-order valence-corrected chi connectivity index (χ1v) is 6.95. The monoisotopic (exact) mass is 255 g/mol. The molecule has 1 atom stereocenters. The molecule has 4 heteroatoms. The third kappa shape index (κ3) is 2.63. The molecule has 0 bridgehead atoms. The molecular formula is C14H25NO3. The van der Waals surface area contributed by atoms with Gasteiger partial charge in [0.25, 0.3) is 0 Å². The predicted molar refractivity (Wildman–Crippen MR) is 69.3 cm³/mol. The quantitative estimate of drug-likeness (QED) is 0.782. The lowest BCUT2D eigenvalue weighted by atomic mass is 9.58. The van der Waals surface area contributed by atoms with Crippen LogP contribution in [-0.2, 0) is 4.74 Å². The lowest BCUT2D eigenvalue weighted by Crippen LogP contribution is -2.54. The highest BCUT2D eigenvalue weighted by atomic mass is 16.6. The summed E-state index contributed by atoms with van der Waals surface area (Å²) in [5.74, 6) is 0.229. The number of aliphatic hydroxyl groups is 1. The van der Waals surface area contributed by atoms with Crippen molar-refractivity contribution in [2.24, 2.45) is 11.3 Å². The molecule has 2 fully saturated rings. The third-order valence-electron chi connectivity index (χ3n) is 4.41. The van der Waals surface area contributed by atoms with Gasteiger partial charge in [0, 0.05) is 25.6 Å². The fourth-order valence-corrected chi connectivity index (χ4v) is 3.15. The molecule has 1 aliphatic carbocycles. The molecule has 4 nitrogen and oxygen atoms in total. The molecule has 1 N–H and O–H groups in total. The molecule has 2 aliphatic rings. The van der Waals surface area contributed by atoms with Gasteiger partial charge in [-0.1, -0.05) is 6.42 Å². The van der Waals surface area contributed by atoms with Gasteiger partial charge in [0.15, 0.2) is 0 Å². The Bertz CT molecular complexity index is 317. The Kier molecular flexibility index (Phi) is 3.58. The molecule has 1 heterocycles. The minimum Gasteiger partial charge on any atom is -0.444 e. The molecule has 2 rings (SSSR count). The standard InChI is InChI=1S/C14H25NO3/c1-13(2,3)18-12(17)15-8-7-14(5-4-6-14)11(9-15)10-16/h11,16H,4-10H2,1-3H3. The van der Waals surface area contributed by atoms with Gasteiger partial charge in [-0.2, -0.15) is 0 Å². The van der Waals surface area contributed by atoms with E-state index in [1.807, 2.05) is 20.8 Å². The second kappa shape index (κ2) is 4.72. The van der Waals surface area contributed by atoms with E-state index < -0.39 is 5.60 Å². The van der Waals surface area contributed by atoms with Crippen LogP contribution in [0.25, 0.3) is 0 Å². The Hall–Kier alpha value is -0.770.